The van der Waals surface area contributed by atoms with E-state index < -0.39 is 0 Å². The van der Waals surface area contributed by atoms with Crippen LogP contribution in [-0.4, -0.2) is 17.3 Å². The van der Waals surface area contributed by atoms with Crippen molar-refractivity contribution < 1.29 is 4.79 Å². The first-order chi connectivity index (χ1) is 7.13. The van der Waals surface area contributed by atoms with Gasteiger partial charge in [0.25, 0.3) is 0 Å². The van der Waals surface area contributed by atoms with Gasteiger partial charge in [0, 0.05) is 11.4 Å². The third kappa shape index (κ3) is 4.53. The van der Waals surface area contributed by atoms with Crippen molar-refractivity contribution in [1.29, 1.82) is 0 Å². The van der Waals surface area contributed by atoms with Crippen LogP contribution in [0, 0.1) is 0 Å². The highest BCUT2D eigenvalue weighted by Crippen LogP contribution is 2.21. The standard InChI is InChI=1S/C10H13BrClNOS/c1-2-8(11)10(14)13-6-5-7-3-4-9(12)15-7/h3-4,8H,2,5-6H2,1H3,(H,13,14). The van der Waals surface area contributed by atoms with Gasteiger partial charge in [-0.2, -0.15) is 0 Å². The van der Waals surface area contributed by atoms with Gasteiger partial charge in [-0.25, -0.2) is 0 Å². The van der Waals surface area contributed by atoms with Crippen molar-refractivity contribution in [3.05, 3.63) is 21.3 Å². The molecule has 0 spiro atoms. The second-order valence-corrected chi connectivity index (χ2v) is 6.03. The number of alkyl halides is 1. The van der Waals surface area contributed by atoms with E-state index in [1.165, 1.54) is 4.88 Å². The van der Waals surface area contributed by atoms with Gasteiger partial charge in [0.05, 0.1) is 9.16 Å². The number of nitrogens with one attached hydrogen (secondary N) is 1. The molecule has 1 aromatic rings. The van der Waals surface area contributed by atoms with E-state index in [1.54, 1.807) is 11.3 Å². The minimum Gasteiger partial charge on any atom is -0.355 e. The molecule has 0 aliphatic rings. The fourth-order valence-electron chi connectivity index (χ4n) is 1.09. The molecule has 15 heavy (non-hydrogen) atoms. The lowest BCUT2D eigenvalue weighted by atomic mass is 10.3. The molecule has 0 radical (unpaired) electrons. The van der Waals surface area contributed by atoms with Gasteiger partial charge in [-0.3, -0.25) is 4.79 Å². The molecule has 84 valence electrons. The molecular weight excluding hydrogens is 298 g/mol. The molecule has 0 bridgehead atoms. The number of carbonyl (C=O) groups is 1. The van der Waals surface area contributed by atoms with E-state index in [0.29, 0.717) is 6.54 Å². The van der Waals surface area contributed by atoms with Gasteiger partial charge < -0.3 is 5.32 Å². The van der Waals surface area contributed by atoms with Crippen molar-refractivity contribution in [3.8, 4) is 0 Å². The number of rotatable bonds is 5. The zero-order valence-corrected chi connectivity index (χ0v) is 11.6. The van der Waals surface area contributed by atoms with Crippen molar-refractivity contribution in [3.63, 3.8) is 0 Å². The molecule has 0 aliphatic heterocycles. The molecule has 1 heterocycles. The van der Waals surface area contributed by atoms with E-state index in [-0.39, 0.29) is 10.7 Å². The number of hydrogen-bond donors (Lipinski definition) is 1. The molecule has 1 amide bonds. The first kappa shape index (κ1) is 13.0. The Balaban J connectivity index is 2.24. The molecule has 0 aromatic carbocycles. The van der Waals surface area contributed by atoms with E-state index in [4.69, 9.17) is 11.6 Å². The SMILES string of the molecule is CCC(Br)C(=O)NCCc1ccc(Cl)s1. The summed E-state index contributed by atoms with van der Waals surface area (Å²) in [6, 6.07) is 3.87. The summed E-state index contributed by atoms with van der Waals surface area (Å²) in [5.41, 5.74) is 0. The molecule has 2 nitrogen and oxygen atoms in total. The van der Waals surface area contributed by atoms with Crippen molar-refractivity contribution in [1.82, 2.24) is 5.32 Å². The molecule has 5 heteroatoms. The average molecular weight is 311 g/mol. The Morgan fingerprint density at radius 1 is 1.67 bits per heavy atom. The number of halogens is 2. The number of carbonyl (C=O) groups excluding carboxylic acids is 1. The predicted molar refractivity (Wildman–Crippen MR) is 69.0 cm³/mol. The van der Waals surface area contributed by atoms with Crippen LogP contribution < -0.4 is 5.32 Å². The smallest absolute Gasteiger partial charge is 0.233 e. The second kappa shape index (κ2) is 6.51. The highest BCUT2D eigenvalue weighted by atomic mass is 79.9. The van der Waals surface area contributed by atoms with Crippen molar-refractivity contribution >= 4 is 44.8 Å². The summed E-state index contributed by atoms with van der Waals surface area (Å²) < 4.78 is 0.795. The normalized spacial score (nSPS) is 12.5. The fraction of sp³-hybridized carbons (Fsp3) is 0.500. The Bertz CT molecular complexity index is 329. The van der Waals surface area contributed by atoms with E-state index in [9.17, 15) is 4.79 Å². The molecule has 1 N–H and O–H groups in total. The third-order valence-electron chi connectivity index (χ3n) is 1.94. The van der Waals surface area contributed by atoms with Gasteiger partial charge in [-0.15, -0.1) is 11.3 Å². The Morgan fingerprint density at radius 2 is 2.40 bits per heavy atom. The minimum atomic E-state index is -0.0792. The molecule has 0 saturated carbocycles. The van der Waals surface area contributed by atoms with Gasteiger partial charge in [0.15, 0.2) is 0 Å². The summed E-state index contributed by atoms with van der Waals surface area (Å²) in [5.74, 6) is 0.0557. The van der Waals surface area contributed by atoms with Gasteiger partial charge in [-0.05, 0) is 25.0 Å². The molecule has 1 aromatic heterocycles. The lowest BCUT2D eigenvalue weighted by molar-refractivity contribution is -0.120. The molecule has 1 rings (SSSR count). The Labute approximate surface area is 107 Å². The molecular formula is C10H13BrClNOS. The third-order valence-corrected chi connectivity index (χ3v) is 4.30. The topological polar surface area (TPSA) is 29.1 Å². The Morgan fingerprint density at radius 3 is 2.93 bits per heavy atom. The summed E-state index contributed by atoms with van der Waals surface area (Å²) in [4.78, 5) is 12.5. The van der Waals surface area contributed by atoms with Crippen LogP contribution in [-0.2, 0) is 11.2 Å². The van der Waals surface area contributed by atoms with E-state index in [2.05, 4.69) is 21.2 Å². The van der Waals surface area contributed by atoms with Crippen LogP contribution in [0.25, 0.3) is 0 Å². The highest BCUT2D eigenvalue weighted by Gasteiger charge is 2.10. The second-order valence-electron chi connectivity index (χ2n) is 3.12. The van der Waals surface area contributed by atoms with Crippen molar-refractivity contribution in [2.45, 2.75) is 24.6 Å². The first-order valence-corrected chi connectivity index (χ1v) is 6.90. The minimum absolute atomic E-state index is 0.0557. The van der Waals surface area contributed by atoms with Gasteiger partial charge in [0.1, 0.15) is 0 Å². The van der Waals surface area contributed by atoms with Crippen LogP contribution in [0.5, 0.6) is 0 Å². The number of thiophene rings is 1. The largest absolute Gasteiger partial charge is 0.355 e. The maximum atomic E-state index is 11.4. The van der Waals surface area contributed by atoms with Crippen LogP contribution in [0.1, 0.15) is 18.2 Å². The zero-order valence-electron chi connectivity index (χ0n) is 8.43. The molecule has 0 aliphatic carbocycles. The van der Waals surface area contributed by atoms with Crippen LogP contribution in [0.3, 0.4) is 0 Å². The highest BCUT2D eigenvalue weighted by molar-refractivity contribution is 9.10. The quantitative estimate of drug-likeness (QED) is 0.831. The van der Waals surface area contributed by atoms with Gasteiger partial charge in [-0.1, -0.05) is 34.5 Å². The average Bonchev–Trinajstić information content (AvgIpc) is 2.63. The Hall–Kier alpha value is -0.0600. The molecule has 0 saturated heterocycles. The first-order valence-electron chi connectivity index (χ1n) is 4.79. The van der Waals surface area contributed by atoms with Crippen LogP contribution in [0.15, 0.2) is 12.1 Å². The van der Waals surface area contributed by atoms with Crippen LogP contribution in [0.4, 0.5) is 0 Å². The molecule has 1 unspecified atom stereocenters. The summed E-state index contributed by atoms with van der Waals surface area (Å²) in [6.45, 7) is 2.63. The Kier molecular flexibility index (Phi) is 5.64. The fourth-order valence-corrected chi connectivity index (χ4v) is 2.34. The van der Waals surface area contributed by atoms with Crippen LogP contribution in [0.2, 0.25) is 4.34 Å². The van der Waals surface area contributed by atoms with Gasteiger partial charge in [0.2, 0.25) is 5.91 Å². The summed E-state index contributed by atoms with van der Waals surface area (Å²) in [5, 5.41) is 2.87. The van der Waals surface area contributed by atoms with Crippen molar-refractivity contribution in [2.75, 3.05) is 6.54 Å². The monoisotopic (exact) mass is 309 g/mol. The van der Waals surface area contributed by atoms with Crippen LogP contribution >= 0.6 is 38.9 Å². The number of amides is 1. The van der Waals surface area contributed by atoms with E-state index >= 15 is 0 Å². The van der Waals surface area contributed by atoms with E-state index in [0.717, 1.165) is 17.2 Å². The zero-order chi connectivity index (χ0) is 11.3. The molecule has 0 fully saturated rings. The summed E-state index contributed by atoms with van der Waals surface area (Å²) in [7, 11) is 0. The predicted octanol–water partition coefficient (Wildman–Crippen LogP) is 3.23. The number of hydrogen-bond acceptors (Lipinski definition) is 2. The van der Waals surface area contributed by atoms with E-state index in [1.807, 2.05) is 19.1 Å². The molecule has 1 atom stereocenters. The maximum absolute atomic E-state index is 11.4. The van der Waals surface area contributed by atoms with Gasteiger partial charge >= 0.3 is 0 Å². The summed E-state index contributed by atoms with van der Waals surface area (Å²) in [6.07, 6.45) is 1.64. The lowest BCUT2D eigenvalue weighted by Gasteiger charge is -2.07. The summed E-state index contributed by atoms with van der Waals surface area (Å²) >= 11 is 10.7. The van der Waals surface area contributed by atoms with Crippen molar-refractivity contribution in [2.24, 2.45) is 0 Å². The maximum Gasteiger partial charge on any atom is 0.233 e. The lowest BCUT2D eigenvalue weighted by Crippen LogP contribution is -2.32.